The Morgan fingerprint density at radius 3 is 2.63 bits per heavy atom. The second-order valence-electron chi connectivity index (χ2n) is 4.00. The topological polar surface area (TPSA) is 52.3 Å². The van der Waals surface area contributed by atoms with Crippen molar-refractivity contribution in [3.8, 4) is 5.75 Å². The number of carbonyl (C=O) groups excluding carboxylic acids is 1. The zero-order valence-corrected chi connectivity index (χ0v) is 12.1. The van der Waals surface area contributed by atoms with Gasteiger partial charge in [-0.25, -0.2) is 0 Å². The molecule has 19 heavy (non-hydrogen) atoms. The number of carbonyl (C=O) groups is 1. The number of anilines is 1. The van der Waals surface area contributed by atoms with Gasteiger partial charge in [0.25, 0.3) is 0 Å². The zero-order valence-electron chi connectivity index (χ0n) is 10.5. The second-order valence-corrected chi connectivity index (χ2v) is 4.85. The minimum atomic E-state index is -0.0871. The van der Waals surface area contributed by atoms with Crippen molar-refractivity contribution in [1.29, 1.82) is 0 Å². The largest absolute Gasteiger partial charge is 0.493 e. The van der Waals surface area contributed by atoms with Crippen LogP contribution in [0.5, 0.6) is 5.75 Å². The van der Waals surface area contributed by atoms with E-state index in [1.54, 1.807) is 30.3 Å². The minimum absolute atomic E-state index is 0.0871. The summed E-state index contributed by atoms with van der Waals surface area (Å²) in [5, 5.41) is 0. The van der Waals surface area contributed by atoms with E-state index in [9.17, 15) is 4.79 Å². The lowest BCUT2D eigenvalue weighted by molar-refractivity contribution is 0.103. The van der Waals surface area contributed by atoms with Crippen LogP contribution in [-0.4, -0.2) is 12.4 Å². The Morgan fingerprint density at radius 2 is 1.95 bits per heavy atom. The average Bonchev–Trinajstić information content (AvgIpc) is 2.39. The molecule has 0 aliphatic rings. The molecule has 0 radical (unpaired) electrons. The molecule has 3 nitrogen and oxygen atoms in total. The normalized spacial score (nSPS) is 10.2. The molecule has 0 saturated heterocycles. The van der Waals surface area contributed by atoms with E-state index in [1.807, 2.05) is 19.1 Å². The van der Waals surface area contributed by atoms with E-state index in [-0.39, 0.29) is 5.78 Å². The predicted octanol–water partition coefficient (Wildman–Crippen LogP) is 3.66. The summed E-state index contributed by atoms with van der Waals surface area (Å²) in [6.07, 6.45) is 0. The fraction of sp³-hybridized carbons (Fsp3) is 0.133. The Balaban J connectivity index is 2.44. The molecule has 0 spiro atoms. The summed E-state index contributed by atoms with van der Waals surface area (Å²) in [4.78, 5) is 12.5. The number of hydrogen-bond acceptors (Lipinski definition) is 3. The smallest absolute Gasteiger partial charge is 0.197 e. The number of rotatable bonds is 4. The Hall–Kier alpha value is -1.81. The summed E-state index contributed by atoms with van der Waals surface area (Å²) in [6, 6.07) is 12.4. The van der Waals surface area contributed by atoms with Gasteiger partial charge in [0.1, 0.15) is 5.75 Å². The molecule has 0 aliphatic heterocycles. The quantitative estimate of drug-likeness (QED) is 0.691. The van der Waals surface area contributed by atoms with Crippen molar-refractivity contribution in [1.82, 2.24) is 0 Å². The summed E-state index contributed by atoms with van der Waals surface area (Å²) in [5.41, 5.74) is 7.41. The van der Waals surface area contributed by atoms with E-state index in [0.29, 0.717) is 33.6 Å². The van der Waals surface area contributed by atoms with Crippen LogP contribution in [0.4, 0.5) is 5.69 Å². The predicted molar refractivity (Wildman–Crippen MR) is 79.6 cm³/mol. The molecule has 0 fully saturated rings. The summed E-state index contributed by atoms with van der Waals surface area (Å²) in [7, 11) is 0. The van der Waals surface area contributed by atoms with Crippen LogP contribution in [0.1, 0.15) is 22.8 Å². The molecule has 0 aromatic heterocycles. The Kier molecular flexibility index (Phi) is 4.22. The standard InChI is InChI=1S/C15H14BrNO2/c1-2-19-14-6-4-3-5-12(14)15(18)11-8-7-10(17)9-13(11)16/h3-9H,2,17H2,1H3. The van der Waals surface area contributed by atoms with Crippen molar-refractivity contribution >= 4 is 27.4 Å². The fourth-order valence-electron chi connectivity index (χ4n) is 1.80. The number of nitrogens with two attached hydrogens (primary N) is 1. The van der Waals surface area contributed by atoms with Gasteiger partial charge in [0.05, 0.1) is 12.2 Å². The van der Waals surface area contributed by atoms with Crippen LogP contribution in [0.15, 0.2) is 46.9 Å². The molecule has 0 unspecified atom stereocenters. The summed E-state index contributed by atoms with van der Waals surface area (Å²) < 4.78 is 6.17. The summed E-state index contributed by atoms with van der Waals surface area (Å²) in [6.45, 7) is 2.41. The SMILES string of the molecule is CCOc1ccccc1C(=O)c1ccc(N)cc1Br. The van der Waals surface area contributed by atoms with E-state index >= 15 is 0 Å². The minimum Gasteiger partial charge on any atom is -0.493 e. The third-order valence-electron chi connectivity index (χ3n) is 2.67. The first-order valence-corrected chi connectivity index (χ1v) is 6.74. The van der Waals surface area contributed by atoms with Crippen molar-refractivity contribution < 1.29 is 9.53 Å². The lowest BCUT2D eigenvalue weighted by Crippen LogP contribution is -2.06. The van der Waals surface area contributed by atoms with Gasteiger partial charge < -0.3 is 10.5 Å². The van der Waals surface area contributed by atoms with Gasteiger partial charge in [0.2, 0.25) is 0 Å². The monoisotopic (exact) mass is 319 g/mol. The van der Waals surface area contributed by atoms with Crippen LogP contribution >= 0.6 is 15.9 Å². The first-order valence-electron chi connectivity index (χ1n) is 5.95. The van der Waals surface area contributed by atoms with Crippen molar-refractivity contribution in [2.75, 3.05) is 12.3 Å². The molecule has 2 rings (SSSR count). The van der Waals surface area contributed by atoms with Gasteiger partial charge >= 0.3 is 0 Å². The highest BCUT2D eigenvalue weighted by atomic mass is 79.9. The number of benzene rings is 2. The highest BCUT2D eigenvalue weighted by Crippen LogP contribution is 2.26. The van der Waals surface area contributed by atoms with Crippen molar-refractivity contribution in [2.45, 2.75) is 6.92 Å². The Bertz CT molecular complexity index is 611. The third-order valence-corrected chi connectivity index (χ3v) is 3.33. The molecule has 0 atom stereocenters. The van der Waals surface area contributed by atoms with Gasteiger partial charge in [-0.1, -0.05) is 12.1 Å². The van der Waals surface area contributed by atoms with Gasteiger partial charge in [-0.15, -0.1) is 0 Å². The number of hydrogen-bond donors (Lipinski definition) is 1. The lowest BCUT2D eigenvalue weighted by atomic mass is 10.0. The van der Waals surface area contributed by atoms with Gasteiger partial charge in [-0.2, -0.15) is 0 Å². The van der Waals surface area contributed by atoms with Crippen LogP contribution in [0.25, 0.3) is 0 Å². The molecule has 0 bridgehead atoms. The van der Waals surface area contributed by atoms with Gasteiger partial charge in [-0.05, 0) is 53.2 Å². The van der Waals surface area contributed by atoms with E-state index in [1.165, 1.54) is 0 Å². The summed E-state index contributed by atoms with van der Waals surface area (Å²) in [5.74, 6) is 0.509. The molecule has 2 aromatic rings. The number of ketones is 1. The molecular weight excluding hydrogens is 306 g/mol. The molecule has 2 aromatic carbocycles. The first kappa shape index (κ1) is 13.6. The van der Waals surface area contributed by atoms with Gasteiger partial charge in [0.15, 0.2) is 5.78 Å². The second kappa shape index (κ2) is 5.89. The van der Waals surface area contributed by atoms with E-state index in [4.69, 9.17) is 10.5 Å². The zero-order chi connectivity index (χ0) is 13.8. The highest BCUT2D eigenvalue weighted by Gasteiger charge is 2.16. The molecule has 0 aliphatic carbocycles. The number of ether oxygens (including phenoxy) is 1. The maximum Gasteiger partial charge on any atom is 0.197 e. The third kappa shape index (κ3) is 2.96. The Morgan fingerprint density at radius 1 is 1.21 bits per heavy atom. The molecule has 0 amide bonds. The average molecular weight is 320 g/mol. The van der Waals surface area contributed by atoms with Crippen LogP contribution in [0, 0.1) is 0 Å². The first-order chi connectivity index (χ1) is 9.13. The number of para-hydroxylation sites is 1. The van der Waals surface area contributed by atoms with Gasteiger partial charge in [0, 0.05) is 15.7 Å². The number of nitrogen functional groups attached to an aromatic ring is 1. The molecule has 4 heteroatoms. The van der Waals surface area contributed by atoms with Crippen molar-refractivity contribution in [3.05, 3.63) is 58.1 Å². The number of halogens is 1. The van der Waals surface area contributed by atoms with Crippen LogP contribution < -0.4 is 10.5 Å². The van der Waals surface area contributed by atoms with Crippen LogP contribution in [-0.2, 0) is 0 Å². The summed E-state index contributed by atoms with van der Waals surface area (Å²) >= 11 is 3.37. The highest BCUT2D eigenvalue weighted by molar-refractivity contribution is 9.10. The van der Waals surface area contributed by atoms with E-state index in [0.717, 1.165) is 0 Å². The van der Waals surface area contributed by atoms with Crippen LogP contribution in [0.2, 0.25) is 0 Å². The van der Waals surface area contributed by atoms with E-state index in [2.05, 4.69) is 15.9 Å². The molecule has 0 saturated carbocycles. The molecule has 98 valence electrons. The van der Waals surface area contributed by atoms with Crippen molar-refractivity contribution in [3.63, 3.8) is 0 Å². The molecule has 0 heterocycles. The van der Waals surface area contributed by atoms with Gasteiger partial charge in [-0.3, -0.25) is 4.79 Å². The van der Waals surface area contributed by atoms with Crippen LogP contribution in [0.3, 0.4) is 0 Å². The lowest BCUT2D eigenvalue weighted by Gasteiger charge is -2.10. The maximum absolute atomic E-state index is 12.5. The maximum atomic E-state index is 12.5. The molecule has 2 N–H and O–H groups in total. The Labute approximate surface area is 120 Å². The van der Waals surface area contributed by atoms with E-state index < -0.39 is 0 Å². The van der Waals surface area contributed by atoms with Crippen molar-refractivity contribution in [2.24, 2.45) is 0 Å². The molecular formula is C15H14BrNO2. The fourth-order valence-corrected chi connectivity index (χ4v) is 2.37.